The van der Waals surface area contributed by atoms with Crippen molar-refractivity contribution < 1.29 is 9.53 Å². The third-order valence-corrected chi connectivity index (χ3v) is 4.96. The second kappa shape index (κ2) is 6.35. The summed E-state index contributed by atoms with van der Waals surface area (Å²) in [4.78, 5) is 18.3. The highest BCUT2D eigenvalue weighted by Gasteiger charge is 2.31. The van der Waals surface area contributed by atoms with Crippen molar-refractivity contribution in [1.29, 1.82) is 0 Å². The predicted molar refractivity (Wildman–Crippen MR) is 84.4 cm³/mol. The zero-order valence-electron chi connectivity index (χ0n) is 12.2. The molecule has 4 nitrogen and oxygen atoms in total. The SMILES string of the molecule is CC(C)(C)OC(=O)N1CCCC(C(S)c2nccs2)C1. The van der Waals surface area contributed by atoms with Gasteiger partial charge in [0.1, 0.15) is 10.6 Å². The quantitative estimate of drug-likeness (QED) is 0.845. The van der Waals surface area contributed by atoms with Crippen LogP contribution >= 0.6 is 24.0 Å². The molecule has 112 valence electrons. The molecule has 0 aromatic carbocycles. The summed E-state index contributed by atoms with van der Waals surface area (Å²) in [5, 5.41) is 3.09. The van der Waals surface area contributed by atoms with Crippen molar-refractivity contribution in [1.82, 2.24) is 9.88 Å². The van der Waals surface area contributed by atoms with Gasteiger partial charge in [-0.05, 0) is 39.5 Å². The maximum absolute atomic E-state index is 12.1. The number of ether oxygens (including phenoxy) is 1. The summed E-state index contributed by atoms with van der Waals surface area (Å²) in [7, 11) is 0. The van der Waals surface area contributed by atoms with Crippen LogP contribution in [0.5, 0.6) is 0 Å². The minimum Gasteiger partial charge on any atom is -0.444 e. The highest BCUT2D eigenvalue weighted by atomic mass is 32.1. The minimum atomic E-state index is -0.445. The molecular formula is C14H22N2O2S2. The van der Waals surface area contributed by atoms with Crippen LogP contribution in [0.25, 0.3) is 0 Å². The molecule has 2 rings (SSSR count). The monoisotopic (exact) mass is 314 g/mol. The first-order valence-electron chi connectivity index (χ1n) is 6.92. The van der Waals surface area contributed by atoms with E-state index in [4.69, 9.17) is 17.4 Å². The zero-order valence-corrected chi connectivity index (χ0v) is 13.9. The van der Waals surface area contributed by atoms with Crippen molar-refractivity contribution in [3.8, 4) is 0 Å². The third-order valence-electron chi connectivity index (χ3n) is 3.26. The van der Waals surface area contributed by atoms with Crippen molar-refractivity contribution in [3.63, 3.8) is 0 Å². The van der Waals surface area contributed by atoms with Crippen LogP contribution in [0.15, 0.2) is 11.6 Å². The number of piperidine rings is 1. The fraction of sp³-hybridized carbons (Fsp3) is 0.714. The van der Waals surface area contributed by atoms with Crippen molar-refractivity contribution in [2.24, 2.45) is 5.92 Å². The van der Waals surface area contributed by atoms with Crippen LogP contribution in [-0.2, 0) is 4.74 Å². The molecule has 0 radical (unpaired) electrons. The summed E-state index contributed by atoms with van der Waals surface area (Å²) in [6.07, 6.45) is 3.65. The Bertz CT molecular complexity index is 443. The molecule has 1 saturated heterocycles. The van der Waals surface area contributed by atoms with Crippen LogP contribution in [0.1, 0.15) is 43.9 Å². The van der Waals surface area contributed by atoms with E-state index in [0.717, 1.165) is 24.4 Å². The van der Waals surface area contributed by atoms with Gasteiger partial charge >= 0.3 is 6.09 Å². The topological polar surface area (TPSA) is 42.4 Å². The fourth-order valence-corrected chi connectivity index (χ4v) is 3.55. The molecule has 2 atom stereocenters. The van der Waals surface area contributed by atoms with Gasteiger partial charge in [0.15, 0.2) is 0 Å². The molecule has 1 fully saturated rings. The number of thiol groups is 1. The highest BCUT2D eigenvalue weighted by molar-refractivity contribution is 7.80. The number of carbonyl (C=O) groups excluding carboxylic acids is 1. The largest absolute Gasteiger partial charge is 0.444 e. The molecule has 20 heavy (non-hydrogen) atoms. The summed E-state index contributed by atoms with van der Waals surface area (Å²) in [6, 6.07) is 0. The van der Waals surface area contributed by atoms with Crippen LogP contribution < -0.4 is 0 Å². The third kappa shape index (κ3) is 4.12. The second-order valence-corrected chi connectivity index (χ2v) is 7.63. The molecule has 1 aliphatic heterocycles. The van der Waals surface area contributed by atoms with Crippen molar-refractivity contribution in [2.75, 3.05) is 13.1 Å². The predicted octanol–water partition coefficient (Wildman–Crippen LogP) is 3.76. The van der Waals surface area contributed by atoms with E-state index in [1.54, 1.807) is 22.4 Å². The fourth-order valence-electron chi connectivity index (χ4n) is 2.34. The van der Waals surface area contributed by atoms with Gasteiger partial charge in [-0.2, -0.15) is 12.6 Å². The van der Waals surface area contributed by atoms with Gasteiger partial charge in [0.2, 0.25) is 0 Å². The van der Waals surface area contributed by atoms with Crippen LogP contribution in [0, 0.1) is 5.92 Å². The van der Waals surface area contributed by atoms with E-state index in [0.29, 0.717) is 12.5 Å². The lowest BCUT2D eigenvalue weighted by Crippen LogP contribution is -2.43. The lowest BCUT2D eigenvalue weighted by atomic mass is 9.95. The van der Waals surface area contributed by atoms with Crippen LogP contribution in [0.3, 0.4) is 0 Å². The molecule has 1 aromatic rings. The maximum Gasteiger partial charge on any atom is 0.410 e. The molecule has 0 N–H and O–H groups in total. The van der Waals surface area contributed by atoms with Gasteiger partial charge in [-0.25, -0.2) is 9.78 Å². The molecule has 1 amide bonds. The first-order chi connectivity index (χ1) is 9.37. The number of nitrogens with zero attached hydrogens (tertiary/aromatic N) is 2. The number of amides is 1. The standard InChI is InChI=1S/C14H22N2O2S2/c1-14(2,3)18-13(17)16-7-4-5-10(9-16)11(19)12-15-6-8-20-12/h6,8,10-11,19H,4-5,7,9H2,1-3H3. The Morgan fingerprint density at radius 2 is 2.35 bits per heavy atom. The molecule has 1 aliphatic rings. The lowest BCUT2D eigenvalue weighted by Gasteiger charge is -2.35. The number of rotatable bonds is 2. The maximum atomic E-state index is 12.1. The van der Waals surface area contributed by atoms with Gasteiger partial charge in [0.25, 0.3) is 0 Å². The summed E-state index contributed by atoms with van der Waals surface area (Å²) in [5.41, 5.74) is -0.445. The average Bonchev–Trinajstić information content (AvgIpc) is 2.90. The molecule has 1 aromatic heterocycles. The number of likely N-dealkylation sites (tertiary alicyclic amines) is 1. The molecule has 2 unspecified atom stereocenters. The van der Waals surface area contributed by atoms with Crippen molar-refractivity contribution >= 4 is 30.1 Å². The minimum absolute atomic E-state index is 0.0974. The molecule has 0 aliphatic carbocycles. The number of aromatic nitrogens is 1. The summed E-state index contributed by atoms with van der Waals surface area (Å²) in [5.74, 6) is 0.339. The Balaban J connectivity index is 1.96. The molecule has 0 spiro atoms. The van der Waals surface area contributed by atoms with Gasteiger partial charge in [-0.15, -0.1) is 11.3 Å². The Morgan fingerprint density at radius 3 is 2.95 bits per heavy atom. The first-order valence-corrected chi connectivity index (χ1v) is 8.32. The van der Waals surface area contributed by atoms with Crippen LogP contribution in [0.2, 0.25) is 0 Å². The van der Waals surface area contributed by atoms with E-state index >= 15 is 0 Å². The Morgan fingerprint density at radius 1 is 1.60 bits per heavy atom. The number of hydrogen-bond donors (Lipinski definition) is 1. The van der Waals surface area contributed by atoms with Crippen molar-refractivity contribution in [3.05, 3.63) is 16.6 Å². The van der Waals surface area contributed by atoms with E-state index in [9.17, 15) is 4.79 Å². The Kier molecular flexibility index (Phi) is 4.96. The van der Waals surface area contributed by atoms with Crippen molar-refractivity contribution in [2.45, 2.75) is 44.5 Å². The van der Waals surface area contributed by atoms with E-state index in [2.05, 4.69) is 4.98 Å². The number of hydrogen-bond acceptors (Lipinski definition) is 5. The smallest absolute Gasteiger partial charge is 0.410 e. The highest BCUT2D eigenvalue weighted by Crippen LogP contribution is 2.35. The van der Waals surface area contributed by atoms with Crippen LogP contribution in [0.4, 0.5) is 4.79 Å². The Hall–Kier alpha value is -0.750. The average molecular weight is 314 g/mol. The van der Waals surface area contributed by atoms with Crippen LogP contribution in [-0.4, -0.2) is 34.7 Å². The molecule has 2 heterocycles. The number of carbonyl (C=O) groups is 1. The van der Waals surface area contributed by atoms with Gasteiger partial charge in [-0.3, -0.25) is 0 Å². The van der Waals surface area contributed by atoms with E-state index in [-0.39, 0.29) is 11.3 Å². The summed E-state index contributed by atoms with van der Waals surface area (Å²) >= 11 is 6.32. The van der Waals surface area contributed by atoms with E-state index < -0.39 is 5.60 Å². The van der Waals surface area contributed by atoms with Gasteiger partial charge < -0.3 is 9.64 Å². The lowest BCUT2D eigenvalue weighted by molar-refractivity contribution is 0.0165. The molecule has 0 bridgehead atoms. The van der Waals surface area contributed by atoms with Gasteiger partial charge in [0.05, 0.1) is 5.25 Å². The molecule has 0 saturated carbocycles. The van der Waals surface area contributed by atoms with Gasteiger partial charge in [0, 0.05) is 24.7 Å². The normalized spacial score (nSPS) is 21.6. The van der Waals surface area contributed by atoms with E-state index in [1.165, 1.54) is 0 Å². The zero-order chi connectivity index (χ0) is 14.8. The summed E-state index contributed by atoms with van der Waals surface area (Å²) in [6.45, 7) is 7.14. The first kappa shape index (κ1) is 15.6. The van der Waals surface area contributed by atoms with Gasteiger partial charge in [-0.1, -0.05) is 0 Å². The van der Waals surface area contributed by atoms with E-state index in [1.807, 2.05) is 26.2 Å². The second-order valence-electron chi connectivity index (χ2n) is 6.14. The summed E-state index contributed by atoms with van der Waals surface area (Å²) < 4.78 is 5.44. The molecular weight excluding hydrogens is 292 g/mol. The molecule has 6 heteroatoms. The number of thiazole rings is 1. The Labute approximate surface area is 129 Å².